The average molecular weight is 854 g/mol. The Morgan fingerprint density at radius 2 is 0.712 bits per heavy atom. The van der Waals surface area contributed by atoms with Gasteiger partial charge in [0.1, 0.15) is 23.3 Å². The number of benzene rings is 4. The number of rotatable bonds is 10. The van der Waals surface area contributed by atoms with Crippen LogP contribution in [0.25, 0.3) is 46.6 Å². The Balaban J connectivity index is 0.796. The van der Waals surface area contributed by atoms with Gasteiger partial charge in [-0.15, -0.1) is 0 Å². The number of aromatic nitrogens is 5. The third-order valence-corrected chi connectivity index (χ3v) is 13.1. The molecule has 0 spiro atoms. The van der Waals surface area contributed by atoms with Crippen LogP contribution in [0.3, 0.4) is 0 Å². The van der Waals surface area contributed by atoms with Gasteiger partial charge in [-0.2, -0.15) is 0 Å². The van der Waals surface area contributed by atoms with Crippen molar-refractivity contribution in [1.82, 2.24) is 24.9 Å². The van der Waals surface area contributed by atoms with Crippen LogP contribution in [0.1, 0.15) is 72.3 Å². The molecule has 0 saturated heterocycles. The topological polar surface area (TPSA) is 70.9 Å². The molecule has 5 aromatic heterocycles. The van der Waals surface area contributed by atoms with Gasteiger partial charge in [0.05, 0.1) is 5.69 Å². The minimum Gasteiger partial charge on any atom is -0.279 e. The van der Waals surface area contributed by atoms with Crippen LogP contribution < -0.4 is 9.80 Å². The highest BCUT2D eigenvalue weighted by atomic mass is 15.2. The van der Waals surface area contributed by atoms with Gasteiger partial charge in [0.15, 0.2) is 0 Å². The summed E-state index contributed by atoms with van der Waals surface area (Å²) < 4.78 is 0. The molecule has 7 heteroatoms. The van der Waals surface area contributed by atoms with E-state index in [1.165, 1.54) is 44.5 Å². The number of hydrogen-bond donors (Lipinski definition) is 0. The summed E-state index contributed by atoms with van der Waals surface area (Å²) in [6.07, 6.45) is 17.8. The van der Waals surface area contributed by atoms with Gasteiger partial charge in [0.2, 0.25) is 0 Å². The van der Waals surface area contributed by atoms with Crippen molar-refractivity contribution >= 4 is 59.0 Å². The van der Waals surface area contributed by atoms with Gasteiger partial charge in [-0.3, -0.25) is 14.8 Å². The minimum absolute atomic E-state index is 0.203. The number of fused-ring (bicyclic) bond motifs is 6. The van der Waals surface area contributed by atoms with Crippen molar-refractivity contribution in [2.75, 3.05) is 9.80 Å². The van der Waals surface area contributed by atoms with Crippen LogP contribution in [0.5, 0.6) is 0 Å². The van der Waals surface area contributed by atoms with Gasteiger partial charge in [-0.25, -0.2) is 19.9 Å². The summed E-state index contributed by atoms with van der Waals surface area (Å²) in [5.74, 6) is 3.30. The number of anilines is 6. The lowest BCUT2D eigenvalue weighted by molar-refractivity contribution is 0.660. The second-order valence-electron chi connectivity index (χ2n) is 17.9. The van der Waals surface area contributed by atoms with E-state index in [4.69, 9.17) is 24.9 Å². The van der Waals surface area contributed by atoms with Crippen LogP contribution in [0.15, 0.2) is 189 Å². The van der Waals surface area contributed by atoms with E-state index in [-0.39, 0.29) is 10.8 Å². The van der Waals surface area contributed by atoms with Crippen LogP contribution in [0.2, 0.25) is 0 Å². The standard InChI is InChI=1S/C59H47N7/c1-58(2)50-35-40(21-27-46(50)48-29-25-44(37-52(48)58)65(54-13-5-9-31-60-54)55-14-6-10-32-61-55)17-18-42-20-24-43(64-39-42)23-19-41-22-28-47-49-30-26-45(38-53(49)59(3,4)51(47)36-41)66(56-15-7-11-33-62-56)57-16-8-12-34-63-57/h5-39H,1-4H3. The molecule has 0 bridgehead atoms. The second-order valence-corrected chi connectivity index (χ2v) is 17.9. The van der Waals surface area contributed by atoms with Crippen molar-refractivity contribution in [2.45, 2.75) is 38.5 Å². The summed E-state index contributed by atoms with van der Waals surface area (Å²) in [7, 11) is 0. The third kappa shape index (κ3) is 7.24. The number of hydrogen-bond acceptors (Lipinski definition) is 7. The fraction of sp³-hybridized carbons (Fsp3) is 0.102. The fourth-order valence-corrected chi connectivity index (χ4v) is 9.67. The fourth-order valence-electron chi connectivity index (χ4n) is 9.67. The van der Waals surface area contributed by atoms with E-state index in [0.29, 0.717) is 0 Å². The zero-order chi connectivity index (χ0) is 44.8. The van der Waals surface area contributed by atoms with E-state index < -0.39 is 0 Å². The predicted molar refractivity (Wildman–Crippen MR) is 271 cm³/mol. The molecule has 4 aromatic carbocycles. The highest BCUT2D eigenvalue weighted by Gasteiger charge is 2.37. The molecule has 66 heavy (non-hydrogen) atoms. The second kappa shape index (κ2) is 16.4. The van der Waals surface area contributed by atoms with Gasteiger partial charge in [0, 0.05) is 53.2 Å². The first-order chi connectivity index (χ1) is 32.2. The normalized spacial score (nSPS) is 13.9. The lowest BCUT2D eigenvalue weighted by Crippen LogP contribution is -2.17. The van der Waals surface area contributed by atoms with Gasteiger partial charge in [-0.05, 0) is 146 Å². The van der Waals surface area contributed by atoms with E-state index >= 15 is 0 Å². The highest BCUT2D eigenvalue weighted by Crippen LogP contribution is 2.52. The smallest absolute Gasteiger partial charge is 0.138 e. The predicted octanol–water partition coefficient (Wildman–Crippen LogP) is 14.6. The molecule has 11 rings (SSSR count). The van der Waals surface area contributed by atoms with Gasteiger partial charge in [0.25, 0.3) is 0 Å². The third-order valence-electron chi connectivity index (χ3n) is 13.1. The first-order valence-corrected chi connectivity index (χ1v) is 22.4. The Morgan fingerprint density at radius 1 is 0.348 bits per heavy atom. The van der Waals surface area contributed by atoms with Crippen LogP contribution in [-0.2, 0) is 10.8 Å². The summed E-state index contributed by atoms with van der Waals surface area (Å²) >= 11 is 0. The zero-order valence-electron chi connectivity index (χ0n) is 37.3. The maximum absolute atomic E-state index is 4.82. The summed E-state index contributed by atoms with van der Waals surface area (Å²) in [4.78, 5) is 27.8. The first kappa shape index (κ1) is 40.5. The van der Waals surface area contributed by atoms with Crippen molar-refractivity contribution in [1.29, 1.82) is 0 Å². The maximum atomic E-state index is 4.82. The highest BCUT2D eigenvalue weighted by molar-refractivity contribution is 5.88. The Labute approximate surface area is 386 Å². The molecule has 0 amide bonds. The van der Waals surface area contributed by atoms with Crippen LogP contribution in [0, 0.1) is 0 Å². The molecule has 318 valence electrons. The molecule has 7 nitrogen and oxygen atoms in total. The maximum Gasteiger partial charge on any atom is 0.138 e. The van der Waals surface area contributed by atoms with Gasteiger partial charge < -0.3 is 0 Å². The minimum atomic E-state index is -0.207. The number of pyridine rings is 5. The molecule has 5 heterocycles. The Bertz CT molecular complexity index is 2990. The summed E-state index contributed by atoms with van der Waals surface area (Å²) in [6.45, 7) is 9.27. The van der Waals surface area contributed by atoms with Crippen LogP contribution in [-0.4, -0.2) is 24.9 Å². The van der Waals surface area contributed by atoms with E-state index in [0.717, 1.165) is 57.0 Å². The molecule has 0 N–H and O–H groups in total. The molecule has 0 atom stereocenters. The quantitative estimate of drug-likeness (QED) is 0.136. The molecule has 0 unspecified atom stereocenters. The van der Waals surface area contributed by atoms with E-state index in [9.17, 15) is 0 Å². The molecule has 0 saturated carbocycles. The van der Waals surface area contributed by atoms with Crippen LogP contribution in [0.4, 0.5) is 34.6 Å². The van der Waals surface area contributed by atoms with Crippen molar-refractivity contribution in [3.63, 3.8) is 0 Å². The molecule has 0 aliphatic heterocycles. The number of nitrogens with zero attached hydrogens (tertiary/aromatic N) is 7. The summed E-state index contributed by atoms with van der Waals surface area (Å²) in [5, 5.41) is 0. The Morgan fingerprint density at radius 3 is 1.09 bits per heavy atom. The monoisotopic (exact) mass is 853 g/mol. The van der Waals surface area contributed by atoms with Crippen molar-refractivity contribution < 1.29 is 0 Å². The van der Waals surface area contributed by atoms with Gasteiger partial charge >= 0.3 is 0 Å². The average Bonchev–Trinajstić information content (AvgIpc) is 3.72. The largest absolute Gasteiger partial charge is 0.279 e. The van der Waals surface area contributed by atoms with E-state index in [1.54, 1.807) is 0 Å². The first-order valence-electron chi connectivity index (χ1n) is 22.4. The summed E-state index contributed by atoms with van der Waals surface area (Å²) in [5.41, 5.74) is 16.1. The SMILES string of the molecule is CC1(C)c2cc(C=Cc3ccc(C=Cc4ccc5c(c4)C(C)(C)c4cc(N(c6ccccn6)c6ccccn6)ccc4-5)nc3)ccc2-c2ccc(N(c3ccccn3)c3ccccn3)cc21. The molecule has 0 radical (unpaired) electrons. The van der Waals surface area contributed by atoms with Gasteiger partial charge in [-0.1, -0.05) is 125 Å². The van der Waals surface area contributed by atoms with Crippen LogP contribution >= 0.6 is 0 Å². The molecule has 0 fully saturated rings. The van der Waals surface area contributed by atoms with Crippen molar-refractivity contribution in [2.24, 2.45) is 0 Å². The lowest BCUT2D eigenvalue weighted by Gasteiger charge is -2.26. The summed E-state index contributed by atoms with van der Waals surface area (Å²) in [6, 6.07) is 55.1. The Kier molecular flexibility index (Phi) is 10.0. The zero-order valence-corrected chi connectivity index (χ0v) is 37.3. The van der Waals surface area contributed by atoms with E-state index in [1.807, 2.05) is 104 Å². The lowest BCUT2D eigenvalue weighted by atomic mass is 9.81. The molecular formula is C59H47N7. The van der Waals surface area contributed by atoms with Crippen molar-refractivity contribution in [3.05, 3.63) is 233 Å². The molecule has 9 aromatic rings. The molecule has 2 aliphatic rings. The van der Waals surface area contributed by atoms with E-state index in [2.05, 4.69) is 147 Å². The molecule has 2 aliphatic carbocycles. The van der Waals surface area contributed by atoms with Crippen molar-refractivity contribution in [3.8, 4) is 22.3 Å². The Hall–Kier alpha value is -8.29. The molecular weight excluding hydrogens is 807 g/mol.